The van der Waals surface area contributed by atoms with Crippen LogP contribution in [0.1, 0.15) is 50.1 Å². The molecule has 0 aliphatic rings. The number of nitrogens with one attached hydrogen (secondary N) is 1. The van der Waals surface area contributed by atoms with Gasteiger partial charge in [-0.3, -0.25) is 9.13 Å². The lowest BCUT2D eigenvalue weighted by Gasteiger charge is -2.12. The summed E-state index contributed by atoms with van der Waals surface area (Å²) in [5.74, 6) is 2.65. The van der Waals surface area contributed by atoms with Crippen LogP contribution in [0.15, 0.2) is 183 Å². The summed E-state index contributed by atoms with van der Waals surface area (Å²) < 4.78 is 6.26. The first-order chi connectivity index (χ1) is 32.4. The summed E-state index contributed by atoms with van der Waals surface area (Å²) >= 11 is 0. The fourth-order valence-electron chi connectivity index (χ4n) is 8.97. The van der Waals surface area contributed by atoms with Crippen molar-refractivity contribution in [2.75, 3.05) is 0 Å². The van der Waals surface area contributed by atoms with Crippen molar-refractivity contribution in [2.45, 2.75) is 59.3 Å². The van der Waals surface area contributed by atoms with Gasteiger partial charge in [0.05, 0.1) is 16.9 Å². The predicted molar refractivity (Wildman–Crippen MR) is 262 cm³/mol. The zero-order chi connectivity index (χ0) is 44.8. The van der Waals surface area contributed by atoms with E-state index in [1.54, 1.807) is 12.7 Å². The summed E-state index contributed by atoms with van der Waals surface area (Å²) in [5, 5.41) is 25.1. The largest absolute Gasteiger partial charge is 0.281 e. The molecule has 10 aromatic rings. The monoisotopic (exact) mass is 862 g/mol. The van der Waals surface area contributed by atoms with Crippen molar-refractivity contribution in [3.63, 3.8) is 0 Å². The molecule has 66 heavy (non-hydrogen) atoms. The second-order valence-electron chi connectivity index (χ2n) is 17.2. The number of hydrogen-bond acceptors (Lipinski definition) is 5. The number of nitrogens with zero attached hydrogens (tertiary/aromatic N) is 8. The first-order valence-electron chi connectivity index (χ1n) is 22.8. The number of aromatic nitrogens is 9. The van der Waals surface area contributed by atoms with Gasteiger partial charge in [-0.1, -0.05) is 133 Å². The van der Waals surface area contributed by atoms with Crippen LogP contribution in [-0.2, 0) is 38.5 Å². The lowest BCUT2D eigenvalue weighted by Crippen LogP contribution is -2.31. The summed E-state index contributed by atoms with van der Waals surface area (Å²) in [5.41, 5.74) is 18.1. The molecule has 3 heterocycles. The highest BCUT2D eigenvalue weighted by atomic mass is 15.3. The fraction of sp³-hybridized carbons (Fsp3) is 0.158. The van der Waals surface area contributed by atoms with Crippen molar-refractivity contribution in [1.29, 1.82) is 0 Å². The molecule has 0 atom stereocenters. The number of hydrogen-bond donors (Lipinski definition) is 1. The molecule has 9 nitrogen and oxygen atoms in total. The summed E-state index contributed by atoms with van der Waals surface area (Å²) in [6, 6.07) is 58.9. The molecular formula is C57H52N9+. The van der Waals surface area contributed by atoms with Gasteiger partial charge in [0, 0.05) is 16.2 Å². The first kappa shape index (κ1) is 41.9. The van der Waals surface area contributed by atoms with E-state index in [-0.39, 0.29) is 0 Å². The summed E-state index contributed by atoms with van der Waals surface area (Å²) in [7, 11) is 0. The quantitative estimate of drug-likeness (QED) is 0.104. The van der Waals surface area contributed by atoms with Crippen LogP contribution >= 0.6 is 0 Å². The van der Waals surface area contributed by atoms with Crippen LogP contribution in [0.3, 0.4) is 0 Å². The molecule has 7 aromatic carbocycles. The highest BCUT2D eigenvalue weighted by Gasteiger charge is 2.18. The maximum Gasteiger partial charge on any atom is 0.270 e. The van der Waals surface area contributed by atoms with Crippen molar-refractivity contribution in [3.05, 3.63) is 233 Å². The molecule has 0 radical (unpaired) electrons. The van der Waals surface area contributed by atoms with Crippen molar-refractivity contribution in [2.24, 2.45) is 0 Å². The third-order valence-corrected chi connectivity index (χ3v) is 12.7. The van der Waals surface area contributed by atoms with Gasteiger partial charge in [-0.25, -0.2) is 0 Å². The van der Waals surface area contributed by atoms with Crippen LogP contribution in [0.25, 0.3) is 51.2 Å². The zero-order valence-corrected chi connectivity index (χ0v) is 37.6. The van der Waals surface area contributed by atoms with Gasteiger partial charge in [0.2, 0.25) is 0 Å². The lowest BCUT2D eigenvalue weighted by molar-refractivity contribution is -0.584. The van der Waals surface area contributed by atoms with E-state index in [0.29, 0.717) is 0 Å². The highest BCUT2D eigenvalue weighted by Crippen LogP contribution is 2.27. The summed E-state index contributed by atoms with van der Waals surface area (Å²) in [4.78, 5) is 0. The van der Waals surface area contributed by atoms with Gasteiger partial charge in [0.15, 0.2) is 11.6 Å². The van der Waals surface area contributed by atoms with E-state index in [2.05, 4.69) is 229 Å². The Labute approximate surface area is 386 Å². The van der Waals surface area contributed by atoms with Crippen LogP contribution in [0.5, 0.6) is 0 Å². The fourth-order valence-corrected chi connectivity index (χ4v) is 8.97. The number of aromatic amines is 1. The smallest absolute Gasteiger partial charge is 0.270 e. The van der Waals surface area contributed by atoms with Gasteiger partial charge in [0.1, 0.15) is 18.3 Å². The third-order valence-electron chi connectivity index (χ3n) is 12.7. The van der Waals surface area contributed by atoms with Crippen LogP contribution in [0, 0.1) is 20.8 Å². The minimum atomic E-state index is 0.843. The molecule has 324 valence electrons. The van der Waals surface area contributed by atoms with Crippen molar-refractivity contribution < 1.29 is 4.57 Å². The van der Waals surface area contributed by atoms with Crippen LogP contribution in [0.2, 0.25) is 0 Å². The van der Waals surface area contributed by atoms with E-state index in [4.69, 9.17) is 0 Å². The standard InChI is InChI=1S/C57H51N9/c1-40-10-4-7-13-52(40)64-37-58-61-55(64)49-28-22-43(23-29-49)16-19-46-34-47(20-17-44-24-30-50(31-25-44)56-62-59-38-65(56)53-14-8-5-11-41(53)2)36-48(35-46)21-18-45-26-32-51(33-27-45)57-63-60-39-66(57)54-15-9-6-12-42(54)3/h4-15,22-39H,16-21H2,1-3H3/p+1. The van der Waals surface area contributed by atoms with E-state index in [1.165, 1.54) is 50.1 Å². The van der Waals surface area contributed by atoms with E-state index in [9.17, 15) is 0 Å². The second kappa shape index (κ2) is 19.0. The number of para-hydroxylation sites is 3. The van der Waals surface area contributed by atoms with Gasteiger partial charge >= 0.3 is 0 Å². The highest BCUT2D eigenvalue weighted by molar-refractivity contribution is 5.61. The van der Waals surface area contributed by atoms with E-state index < -0.39 is 0 Å². The lowest BCUT2D eigenvalue weighted by atomic mass is 9.94. The Kier molecular flexibility index (Phi) is 12.1. The average molecular weight is 863 g/mol. The van der Waals surface area contributed by atoms with Crippen LogP contribution < -0.4 is 4.57 Å². The molecule has 1 N–H and O–H groups in total. The predicted octanol–water partition coefficient (Wildman–Crippen LogP) is 11.1. The van der Waals surface area contributed by atoms with E-state index >= 15 is 0 Å². The molecule has 9 heteroatoms. The molecule has 10 rings (SSSR count). The summed E-state index contributed by atoms with van der Waals surface area (Å²) in [6.45, 7) is 6.36. The van der Waals surface area contributed by atoms with Gasteiger partial charge in [-0.15, -0.1) is 25.5 Å². The Morgan fingerprint density at radius 2 is 0.818 bits per heavy atom. The molecule has 0 saturated heterocycles. The summed E-state index contributed by atoms with van der Waals surface area (Å²) in [6.07, 6.45) is 11.1. The van der Waals surface area contributed by atoms with Crippen molar-refractivity contribution >= 4 is 0 Å². The minimum Gasteiger partial charge on any atom is -0.281 e. The zero-order valence-electron chi connectivity index (χ0n) is 37.6. The second-order valence-corrected chi connectivity index (χ2v) is 17.2. The molecule has 0 aliphatic carbocycles. The van der Waals surface area contributed by atoms with Gasteiger partial charge in [-0.05, 0) is 140 Å². The van der Waals surface area contributed by atoms with Crippen molar-refractivity contribution in [1.82, 2.24) is 39.7 Å². The minimum absolute atomic E-state index is 0.843. The molecule has 3 aromatic heterocycles. The Morgan fingerprint density at radius 1 is 0.424 bits per heavy atom. The van der Waals surface area contributed by atoms with Gasteiger partial charge < -0.3 is 0 Å². The number of benzene rings is 7. The Morgan fingerprint density at radius 3 is 1.26 bits per heavy atom. The molecule has 0 amide bonds. The average Bonchev–Trinajstić information content (AvgIpc) is 4.16. The molecule has 0 bridgehead atoms. The van der Waals surface area contributed by atoms with E-state index in [1.807, 2.05) is 6.33 Å². The first-order valence-corrected chi connectivity index (χ1v) is 22.8. The number of aryl methyl sites for hydroxylation is 9. The third kappa shape index (κ3) is 9.14. The van der Waals surface area contributed by atoms with Crippen LogP contribution in [0.4, 0.5) is 0 Å². The van der Waals surface area contributed by atoms with Crippen molar-refractivity contribution in [3.8, 4) is 51.2 Å². The van der Waals surface area contributed by atoms with Gasteiger partial charge in [-0.2, -0.15) is 4.57 Å². The Hall–Kier alpha value is -8.04. The normalized spacial score (nSPS) is 11.3. The molecule has 0 fully saturated rings. The molecular weight excluding hydrogens is 811 g/mol. The topological polar surface area (TPSA) is 94.0 Å². The molecule has 0 aliphatic heterocycles. The molecule has 0 saturated carbocycles. The number of rotatable bonds is 15. The molecule has 0 unspecified atom stereocenters. The Balaban J connectivity index is 0.855. The van der Waals surface area contributed by atoms with E-state index in [0.717, 1.165) is 89.8 Å². The van der Waals surface area contributed by atoms with Gasteiger partial charge in [0.25, 0.3) is 12.2 Å². The molecule has 0 spiro atoms. The maximum absolute atomic E-state index is 4.49. The SMILES string of the molecule is Cc1ccccc1-n1cnnc1-c1ccc(CCc2cc(CCc3ccc(-c4nncn4-c4ccccc4C)cc3)cc(CCc3ccc(-c4[nH]nc[n+]4-c4ccccc4C)cc3)c2)cc1. The maximum atomic E-state index is 4.49. The Bertz CT molecular complexity index is 2870. The van der Waals surface area contributed by atoms with Crippen LogP contribution in [-0.4, -0.2) is 39.7 Å². The number of H-pyrrole nitrogens is 1.